The number of methoxy groups -OCH3 is 2. The molecule has 5 aromatic carbocycles. The first kappa shape index (κ1) is 40.6. The Hall–Kier alpha value is -4.60. The van der Waals surface area contributed by atoms with E-state index in [0.717, 1.165) is 45.3 Å². The Bertz CT molecular complexity index is 1820. The lowest BCUT2D eigenvalue weighted by atomic mass is 10.1. The summed E-state index contributed by atoms with van der Waals surface area (Å²) in [5.41, 5.74) is 4.24. The highest BCUT2D eigenvalue weighted by Crippen LogP contribution is 2.50. The van der Waals surface area contributed by atoms with Gasteiger partial charge in [0.25, 0.3) is 0 Å². The molecule has 0 aliphatic rings. The smallest absolute Gasteiger partial charge is 0.311 e. The van der Waals surface area contributed by atoms with E-state index < -0.39 is 11.9 Å². The van der Waals surface area contributed by atoms with E-state index in [4.69, 9.17) is 74.8 Å². The molecule has 0 saturated heterocycles. The molecule has 0 heterocycles. The molecule has 54 heavy (non-hydrogen) atoms. The molecule has 0 fully saturated rings. The highest BCUT2D eigenvalue weighted by molar-refractivity contribution is 6.50. The number of rotatable bonds is 18. The van der Waals surface area contributed by atoms with Crippen LogP contribution in [0, 0.1) is 0 Å². The molecule has 0 aliphatic heterocycles. The fraction of sp³-hybridized carbons (Fsp3) is 0.238. The van der Waals surface area contributed by atoms with Crippen molar-refractivity contribution in [3.05, 3.63) is 117 Å². The predicted octanol–water partition coefficient (Wildman–Crippen LogP) is 12.0. The van der Waals surface area contributed by atoms with E-state index in [-0.39, 0.29) is 44.4 Å². The molecule has 0 amide bonds. The van der Waals surface area contributed by atoms with Crippen LogP contribution in [0.5, 0.6) is 34.5 Å². The standard InChI is InChI=1S/C42H38Cl4O8/c1-49-31-17-9-27(10-18-31)29-13-21-33(22-14-29)51-25-5-3-7-35(47)53-41-37(43)39(45)42(40(46)38(41)44)54-36(48)8-4-6-26-52-34-23-15-30(16-24-34)28-11-19-32(50-2)20-12-28/h9-24H,3-8,25-26H2,1-2H3. The van der Waals surface area contributed by atoms with Crippen LogP contribution in [0.25, 0.3) is 22.3 Å². The number of esters is 2. The van der Waals surface area contributed by atoms with Gasteiger partial charge >= 0.3 is 11.9 Å². The molecule has 0 spiro atoms. The Kier molecular flexibility index (Phi) is 15.2. The highest BCUT2D eigenvalue weighted by Gasteiger charge is 2.26. The van der Waals surface area contributed by atoms with E-state index in [0.29, 0.717) is 38.9 Å². The molecular formula is C42H38Cl4O8. The molecule has 0 saturated carbocycles. The third kappa shape index (κ3) is 11.2. The minimum atomic E-state index is -0.588. The molecule has 5 rings (SSSR count). The number of benzene rings is 5. The Labute approximate surface area is 334 Å². The van der Waals surface area contributed by atoms with Gasteiger partial charge in [-0.2, -0.15) is 0 Å². The van der Waals surface area contributed by atoms with Crippen LogP contribution < -0.4 is 28.4 Å². The zero-order valence-electron chi connectivity index (χ0n) is 29.7. The number of hydrogen-bond donors (Lipinski definition) is 0. The Morgan fingerprint density at radius 2 is 0.704 bits per heavy atom. The lowest BCUT2D eigenvalue weighted by Gasteiger charge is -2.15. The molecule has 12 heteroatoms. The maximum absolute atomic E-state index is 12.6. The van der Waals surface area contributed by atoms with E-state index in [1.54, 1.807) is 14.2 Å². The summed E-state index contributed by atoms with van der Waals surface area (Å²) < 4.78 is 32.9. The van der Waals surface area contributed by atoms with Crippen molar-refractivity contribution in [3.8, 4) is 56.8 Å². The van der Waals surface area contributed by atoms with Gasteiger partial charge in [-0.25, -0.2) is 0 Å². The molecule has 0 N–H and O–H groups in total. The second-order valence-electron chi connectivity index (χ2n) is 12.0. The number of unbranched alkanes of at least 4 members (excludes halogenated alkanes) is 2. The summed E-state index contributed by atoms with van der Waals surface area (Å²) in [4.78, 5) is 25.3. The van der Waals surface area contributed by atoms with Crippen molar-refractivity contribution in [2.75, 3.05) is 27.4 Å². The summed E-state index contributed by atoms with van der Waals surface area (Å²) in [5, 5.41) is -0.796. The molecule has 282 valence electrons. The van der Waals surface area contributed by atoms with E-state index in [1.807, 2.05) is 97.1 Å². The van der Waals surface area contributed by atoms with Crippen molar-refractivity contribution in [2.24, 2.45) is 0 Å². The first-order valence-electron chi connectivity index (χ1n) is 17.2. The monoisotopic (exact) mass is 810 g/mol. The summed E-state index contributed by atoms with van der Waals surface area (Å²) in [6.45, 7) is 0.808. The maximum Gasteiger partial charge on any atom is 0.311 e. The first-order chi connectivity index (χ1) is 26.2. The van der Waals surface area contributed by atoms with Crippen molar-refractivity contribution >= 4 is 58.3 Å². The minimum Gasteiger partial charge on any atom is -0.497 e. The van der Waals surface area contributed by atoms with Crippen molar-refractivity contribution in [3.63, 3.8) is 0 Å². The Morgan fingerprint density at radius 3 is 0.981 bits per heavy atom. The van der Waals surface area contributed by atoms with Gasteiger partial charge in [0.05, 0.1) is 27.4 Å². The zero-order valence-corrected chi connectivity index (χ0v) is 32.7. The average molecular weight is 813 g/mol. The van der Waals surface area contributed by atoms with Gasteiger partial charge in [-0.1, -0.05) is 94.9 Å². The molecule has 8 nitrogen and oxygen atoms in total. The van der Waals surface area contributed by atoms with E-state index in [1.165, 1.54) is 0 Å². The van der Waals surface area contributed by atoms with Gasteiger partial charge in [-0.05, 0) is 96.5 Å². The van der Waals surface area contributed by atoms with Crippen molar-refractivity contribution in [1.29, 1.82) is 0 Å². The van der Waals surface area contributed by atoms with Crippen LogP contribution in [0.4, 0.5) is 0 Å². The molecular weight excluding hydrogens is 774 g/mol. The van der Waals surface area contributed by atoms with Gasteiger partial charge in [0.1, 0.15) is 43.1 Å². The molecule has 0 aromatic heterocycles. The SMILES string of the molecule is COc1ccc(-c2ccc(OCCCCC(=O)Oc3c(Cl)c(Cl)c(OC(=O)CCCCOc4ccc(-c5ccc(OC)cc5)cc4)c(Cl)c3Cl)cc2)cc1. The third-order valence-corrected chi connectivity index (χ3v) is 9.89. The third-order valence-electron chi connectivity index (χ3n) is 8.26. The minimum absolute atomic E-state index is 0.0666. The summed E-state index contributed by atoms with van der Waals surface area (Å²) in [7, 11) is 3.27. The van der Waals surface area contributed by atoms with Gasteiger partial charge < -0.3 is 28.4 Å². The Morgan fingerprint density at radius 1 is 0.426 bits per heavy atom. The summed E-state index contributed by atoms with van der Waals surface area (Å²) >= 11 is 25.6. The van der Waals surface area contributed by atoms with Crippen LogP contribution in [-0.4, -0.2) is 39.4 Å². The second kappa shape index (κ2) is 20.2. The molecule has 0 atom stereocenters. The summed E-state index contributed by atoms with van der Waals surface area (Å²) in [6, 6.07) is 31.1. The normalized spacial score (nSPS) is 10.8. The van der Waals surface area contributed by atoms with Crippen LogP contribution in [-0.2, 0) is 9.59 Å². The van der Waals surface area contributed by atoms with E-state index in [9.17, 15) is 9.59 Å². The van der Waals surface area contributed by atoms with Crippen LogP contribution in [0.15, 0.2) is 97.1 Å². The lowest BCUT2D eigenvalue weighted by Crippen LogP contribution is -2.11. The van der Waals surface area contributed by atoms with Gasteiger partial charge in [-0.15, -0.1) is 0 Å². The van der Waals surface area contributed by atoms with Crippen LogP contribution in [0.1, 0.15) is 38.5 Å². The fourth-order valence-corrected chi connectivity index (χ4v) is 6.25. The summed E-state index contributed by atoms with van der Waals surface area (Å²) in [5.74, 6) is 1.44. The molecule has 5 aromatic rings. The number of carbonyl (C=O) groups excluding carboxylic acids is 2. The van der Waals surface area contributed by atoms with Crippen LogP contribution in [0.3, 0.4) is 0 Å². The first-order valence-corrected chi connectivity index (χ1v) is 18.7. The maximum atomic E-state index is 12.6. The van der Waals surface area contributed by atoms with Gasteiger partial charge in [0.15, 0.2) is 11.5 Å². The van der Waals surface area contributed by atoms with Crippen molar-refractivity contribution in [1.82, 2.24) is 0 Å². The molecule has 0 unspecified atom stereocenters. The summed E-state index contributed by atoms with van der Waals surface area (Å²) in [6.07, 6.45) is 2.29. The number of carbonyl (C=O) groups is 2. The van der Waals surface area contributed by atoms with Gasteiger partial charge in [0, 0.05) is 12.8 Å². The number of hydrogen-bond acceptors (Lipinski definition) is 8. The largest absolute Gasteiger partial charge is 0.497 e. The molecule has 0 radical (unpaired) electrons. The fourth-order valence-electron chi connectivity index (χ4n) is 5.28. The van der Waals surface area contributed by atoms with Gasteiger partial charge in [-0.3, -0.25) is 9.59 Å². The van der Waals surface area contributed by atoms with Crippen LogP contribution in [0.2, 0.25) is 20.1 Å². The molecule has 0 bridgehead atoms. The topological polar surface area (TPSA) is 89.5 Å². The highest BCUT2D eigenvalue weighted by atomic mass is 35.5. The van der Waals surface area contributed by atoms with E-state index in [2.05, 4.69) is 0 Å². The van der Waals surface area contributed by atoms with Crippen molar-refractivity contribution in [2.45, 2.75) is 38.5 Å². The van der Waals surface area contributed by atoms with Gasteiger partial charge in [0.2, 0.25) is 0 Å². The van der Waals surface area contributed by atoms with Crippen LogP contribution >= 0.6 is 46.4 Å². The zero-order chi connectivity index (χ0) is 38.5. The second-order valence-corrected chi connectivity index (χ2v) is 13.5. The average Bonchev–Trinajstić information content (AvgIpc) is 3.20. The Balaban J connectivity index is 1.01. The number of halogens is 4. The number of ether oxygens (including phenoxy) is 6. The lowest BCUT2D eigenvalue weighted by molar-refractivity contribution is -0.135. The van der Waals surface area contributed by atoms with Crippen molar-refractivity contribution < 1.29 is 38.0 Å². The quantitative estimate of drug-likeness (QED) is 0.0374. The molecule has 0 aliphatic carbocycles. The van der Waals surface area contributed by atoms with E-state index >= 15 is 0 Å². The predicted molar refractivity (Wildman–Crippen MR) is 213 cm³/mol.